The molecule has 0 saturated heterocycles. The van der Waals surface area contributed by atoms with Gasteiger partial charge in [-0.05, 0) is 35.9 Å². The second-order valence-corrected chi connectivity index (χ2v) is 4.12. The van der Waals surface area contributed by atoms with Crippen molar-refractivity contribution in [2.75, 3.05) is 7.11 Å². The molecule has 4 heteroatoms. The van der Waals surface area contributed by atoms with Gasteiger partial charge in [-0.25, -0.2) is 4.39 Å². The summed E-state index contributed by atoms with van der Waals surface area (Å²) >= 11 is 5.86. The Morgan fingerprint density at radius 2 is 2.00 bits per heavy atom. The summed E-state index contributed by atoms with van der Waals surface area (Å²) in [6, 6.07) is 11.6. The van der Waals surface area contributed by atoms with Crippen LogP contribution in [0.4, 0.5) is 4.39 Å². The van der Waals surface area contributed by atoms with Crippen molar-refractivity contribution >= 4 is 11.6 Å². The molecule has 0 N–H and O–H groups in total. The number of benzene rings is 2. The predicted octanol–water partition coefficient (Wildman–Crippen LogP) is 4.07. The summed E-state index contributed by atoms with van der Waals surface area (Å²) in [6.07, 6.45) is 0. The minimum absolute atomic E-state index is 0.262. The highest BCUT2D eigenvalue weighted by atomic mass is 35.5. The number of hydrogen-bond acceptors (Lipinski definition) is 2. The van der Waals surface area contributed by atoms with Gasteiger partial charge in [0, 0.05) is 0 Å². The third-order valence-corrected chi connectivity index (χ3v) is 2.72. The van der Waals surface area contributed by atoms with Gasteiger partial charge in [0.25, 0.3) is 0 Å². The molecule has 0 bridgehead atoms. The van der Waals surface area contributed by atoms with Crippen LogP contribution in [0.15, 0.2) is 42.5 Å². The van der Waals surface area contributed by atoms with Crippen LogP contribution < -0.4 is 9.47 Å². The lowest BCUT2D eigenvalue weighted by atomic mass is 10.2. The van der Waals surface area contributed by atoms with Gasteiger partial charge in [-0.1, -0.05) is 23.7 Å². The standard InChI is InChI=1S/C14H12ClFO2/c1-17-12-4-2-3-10(7-12)9-18-14-6-5-11(16)8-13(14)15/h2-8H,9H2,1H3. The zero-order valence-electron chi connectivity index (χ0n) is 9.82. The Morgan fingerprint density at radius 3 is 2.72 bits per heavy atom. The molecule has 0 heterocycles. The number of hydrogen-bond donors (Lipinski definition) is 0. The van der Waals surface area contributed by atoms with E-state index in [-0.39, 0.29) is 10.8 Å². The summed E-state index contributed by atoms with van der Waals surface area (Å²) in [6.45, 7) is 0.350. The fourth-order valence-corrected chi connectivity index (χ4v) is 1.74. The van der Waals surface area contributed by atoms with Gasteiger partial charge in [0.1, 0.15) is 23.9 Å². The summed E-state index contributed by atoms with van der Waals surface area (Å²) < 4.78 is 23.5. The number of halogens is 2. The van der Waals surface area contributed by atoms with Crippen LogP contribution in [0.1, 0.15) is 5.56 Å². The van der Waals surface area contributed by atoms with Gasteiger partial charge in [-0.3, -0.25) is 0 Å². The fourth-order valence-electron chi connectivity index (χ4n) is 1.52. The molecular formula is C14H12ClFO2. The summed E-state index contributed by atoms with van der Waals surface area (Å²) in [7, 11) is 1.61. The maximum Gasteiger partial charge on any atom is 0.138 e. The van der Waals surface area contributed by atoms with E-state index < -0.39 is 0 Å². The molecule has 0 atom stereocenters. The lowest BCUT2D eigenvalue weighted by Crippen LogP contribution is -1.96. The smallest absolute Gasteiger partial charge is 0.138 e. The lowest BCUT2D eigenvalue weighted by molar-refractivity contribution is 0.305. The molecule has 0 fully saturated rings. The van der Waals surface area contributed by atoms with Gasteiger partial charge in [-0.2, -0.15) is 0 Å². The van der Waals surface area contributed by atoms with Crippen LogP contribution >= 0.6 is 11.6 Å². The molecule has 0 saturated carbocycles. The molecular weight excluding hydrogens is 255 g/mol. The quantitative estimate of drug-likeness (QED) is 0.831. The molecule has 0 aliphatic heterocycles. The van der Waals surface area contributed by atoms with Crippen molar-refractivity contribution in [3.05, 3.63) is 58.9 Å². The SMILES string of the molecule is COc1cccc(COc2ccc(F)cc2Cl)c1. The largest absolute Gasteiger partial charge is 0.497 e. The van der Waals surface area contributed by atoms with Gasteiger partial charge in [0.15, 0.2) is 0 Å². The molecule has 2 aromatic rings. The van der Waals surface area contributed by atoms with Crippen LogP contribution in [0.2, 0.25) is 5.02 Å². The van der Waals surface area contributed by atoms with Crippen LogP contribution in [0, 0.1) is 5.82 Å². The van der Waals surface area contributed by atoms with E-state index in [0.29, 0.717) is 12.4 Å². The number of ether oxygens (including phenoxy) is 2. The molecule has 0 spiro atoms. The van der Waals surface area contributed by atoms with Gasteiger partial charge >= 0.3 is 0 Å². The maximum atomic E-state index is 12.9. The molecule has 2 aromatic carbocycles. The normalized spacial score (nSPS) is 10.2. The van der Waals surface area contributed by atoms with E-state index in [1.165, 1.54) is 18.2 Å². The Morgan fingerprint density at radius 1 is 1.17 bits per heavy atom. The summed E-state index contributed by atoms with van der Waals surface area (Å²) in [5.41, 5.74) is 0.953. The number of rotatable bonds is 4. The molecule has 0 aliphatic rings. The average Bonchev–Trinajstić information content (AvgIpc) is 2.38. The van der Waals surface area contributed by atoms with Crippen molar-refractivity contribution in [3.8, 4) is 11.5 Å². The molecule has 2 nitrogen and oxygen atoms in total. The summed E-state index contributed by atoms with van der Waals surface area (Å²) in [4.78, 5) is 0. The molecule has 94 valence electrons. The number of methoxy groups -OCH3 is 1. The predicted molar refractivity (Wildman–Crippen MR) is 68.7 cm³/mol. The van der Waals surface area contributed by atoms with E-state index in [1.807, 2.05) is 24.3 Å². The Balaban J connectivity index is 2.06. The van der Waals surface area contributed by atoms with E-state index in [0.717, 1.165) is 11.3 Å². The lowest BCUT2D eigenvalue weighted by Gasteiger charge is -2.09. The highest BCUT2D eigenvalue weighted by Crippen LogP contribution is 2.26. The molecule has 0 aromatic heterocycles. The van der Waals surface area contributed by atoms with Gasteiger partial charge < -0.3 is 9.47 Å². The molecule has 18 heavy (non-hydrogen) atoms. The first-order valence-electron chi connectivity index (χ1n) is 5.40. The van der Waals surface area contributed by atoms with Crippen LogP contribution in [-0.2, 0) is 6.61 Å². The third kappa shape index (κ3) is 3.14. The minimum Gasteiger partial charge on any atom is -0.497 e. The molecule has 0 radical (unpaired) electrons. The third-order valence-electron chi connectivity index (χ3n) is 2.42. The van der Waals surface area contributed by atoms with Crippen molar-refractivity contribution in [3.63, 3.8) is 0 Å². The van der Waals surface area contributed by atoms with Crippen molar-refractivity contribution in [1.29, 1.82) is 0 Å². The van der Waals surface area contributed by atoms with E-state index in [9.17, 15) is 4.39 Å². The van der Waals surface area contributed by atoms with Crippen LogP contribution in [0.3, 0.4) is 0 Å². The monoisotopic (exact) mass is 266 g/mol. The fraction of sp³-hybridized carbons (Fsp3) is 0.143. The van der Waals surface area contributed by atoms with Crippen LogP contribution in [0.25, 0.3) is 0 Å². The van der Waals surface area contributed by atoms with Crippen molar-refractivity contribution in [2.45, 2.75) is 6.61 Å². The van der Waals surface area contributed by atoms with Crippen molar-refractivity contribution in [1.82, 2.24) is 0 Å². The topological polar surface area (TPSA) is 18.5 Å². The Kier molecular flexibility index (Phi) is 4.05. The Bertz CT molecular complexity index is 543. The van der Waals surface area contributed by atoms with E-state index in [2.05, 4.69) is 0 Å². The Hall–Kier alpha value is -1.74. The van der Waals surface area contributed by atoms with Crippen LogP contribution in [0.5, 0.6) is 11.5 Å². The highest BCUT2D eigenvalue weighted by Gasteiger charge is 2.04. The maximum absolute atomic E-state index is 12.9. The molecule has 2 rings (SSSR count). The zero-order chi connectivity index (χ0) is 13.0. The molecule has 0 aliphatic carbocycles. The first kappa shape index (κ1) is 12.7. The second-order valence-electron chi connectivity index (χ2n) is 3.71. The Labute approximate surface area is 110 Å². The molecule has 0 amide bonds. The highest BCUT2D eigenvalue weighted by molar-refractivity contribution is 6.32. The summed E-state index contributed by atoms with van der Waals surface area (Å²) in [5.74, 6) is 0.843. The van der Waals surface area contributed by atoms with Gasteiger partial charge in [0.05, 0.1) is 12.1 Å². The second kappa shape index (κ2) is 5.74. The van der Waals surface area contributed by atoms with Crippen molar-refractivity contribution in [2.24, 2.45) is 0 Å². The van der Waals surface area contributed by atoms with E-state index >= 15 is 0 Å². The van der Waals surface area contributed by atoms with E-state index in [1.54, 1.807) is 7.11 Å². The van der Waals surface area contributed by atoms with Gasteiger partial charge in [-0.15, -0.1) is 0 Å². The first-order valence-corrected chi connectivity index (χ1v) is 5.77. The van der Waals surface area contributed by atoms with Gasteiger partial charge in [0.2, 0.25) is 0 Å². The summed E-state index contributed by atoms with van der Waals surface area (Å²) in [5, 5.41) is 0.262. The average molecular weight is 267 g/mol. The zero-order valence-corrected chi connectivity index (χ0v) is 10.6. The first-order chi connectivity index (χ1) is 8.69. The minimum atomic E-state index is -0.381. The van der Waals surface area contributed by atoms with E-state index in [4.69, 9.17) is 21.1 Å². The van der Waals surface area contributed by atoms with Crippen molar-refractivity contribution < 1.29 is 13.9 Å². The molecule has 0 unspecified atom stereocenters. The van der Waals surface area contributed by atoms with Crippen LogP contribution in [-0.4, -0.2) is 7.11 Å².